The smallest absolute Gasteiger partial charge is 0.255 e. The van der Waals surface area contributed by atoms with E-state index in [1.807, 2.05) is 24.3 Å². The van der Waals surface area contributed by atoms with Gasteiger partial charge in [0.2, 0.25) is 10.0 Å². The topological polar surface area (TPSA) is 86.4 Å². The number of piperidine rings is 1. The van der Waals surface area contributed by atoms with Crippen molar-refractivity contribution in [1.82, 2.24) is 19.2 Å². The third kappa shape index (κ3) is 4.27. The molecule has 0 aliphatic carbocycles. The van der Waals surface area contributed by atoms with E-state index in [1.165, 1.54) is 22.5 Å². The Labute approximate surface area is 193 Å². The summed E-state index contributed by atoms with van der Waals surface area (Å²) >= 11 is 6.34. The summed E-state index contributed by atoms with van der Waals surface area (Å²) in [7, 11) is -3.68. The van der Waals surface area contributed by atoms with Gasteiger partial charge in [0.25, 0.3) is 5.91 Å². The van der Waals surface area contributed by atoms with Gasteiger partial charge in [0.15, 0.2) is 0 Å². The summed E-state index contributed by atoms with van der Waals surface area (Å²) in [6.45, 7) is 5.39. The molecule has 9 heteroatoms. The van der Waals surface area contributed by atoms with Gasteiger partial charge in [-0.15, -0.1) is 0 Å². The maximum absolute atomic E-state index is 13.4. The number of fused-ring (bicyclic) bond motifs is 1. The van der Waals surface area contributed by atoms with Crippen LogP contribution in [0.5, 0.6) is 0 Å². The number of carbonyl (C=O) groups excluding carboxylic acids is 1. The van der Waals surface area contributed by atoms with Crippen LogP contribution in [-0.4, -0.2) is 59.7 Å². The molecule has 170 valence electrons. The molecule has 0 radical (unpaired) electrons. The number of sulfonamides is 1. The largest absolute Gasteiger partial charge is 0.342 e. The zero-order valence-electron chi connectivity index (χ0n) is 18.2. The summed E-state index contributed by atoms with van der Waals surface area (Å²) < 4.78 is 27.2. The number of nitrogens with zero attached hydrogens (tertiary/aromatic N) is 3. The highest BCUT2D eigenvalue weighted by Gasteiger charge is 2.30. The molecule has 1 aliphatic rings. The SMILES string of the molecule is CCN(CC)S(=O)(=O)c1ccc(Cl)c(C(=O)N2CCC[C@H](c3nc4ccccc4[nH]3)C2)c1. The Morgan fingerprint density at radius 1 is 1.22 bits per heavy atom. The molecule has 1 amide bonds. The third-order valence-electron chi connectivity index (χ3n) is 6.01. The van der Waals surface area contributed by atoms with Crippen LogP contribution in [0.15, 0.2) is 47.4 Å². The molecular formula is C23H27ClN4O3S. The highest BCUT2D eigenvalue weighted by molar-refractivity contribution is 7.89. The molecule has 2 heterocycles. The molecule has 1 atom stereocenters. The Balaban J connectivity index is 1.59. The number of carbonyl (C=O) groups is 1. The van der Waals surface area contributed by atoms with Crippen LogP contribution in [0.2, 0.25) is 5.02 Å². The second-order valence-corrected chi connectivity index (χ2v) is 10.3. The minimum Gasteiger partial charge on any atom is -0.342 e. The van der Waals surface area contributed by atoms with Crippen LogP contribution in [0.4, 0.5) is 0 Å². The lowest BCUT2D eigenvalue weighted by molar-refractivity contribution is 0.0705. The first-order chi connectivity index (χ1) is 15.3. The first-order valence-electron chi connectivity index (χ1n) is 10.9. The molecule has 1 N–H and O–H groups in total. The molecule has 7 nitrogen and oxygen atoms in total. The number of amides is 1. The van der Waals surface area contributed by atoms with Crippen molar-refractivity contribution in [3.8, 4) is 0 Å². The molecule has 4 rings (SSSR count). The van der Waals surface area contributed by atoms with Crippen molar-refractivity contribution in [3.63, 3.8) is 0 Å². The Kier molecular flexibility index (Phi) is 6.55. The van der Waals surface area contributed by atoms with E-state index in [9.17, 15) is 13.2 Å². The predicted molar refractivity (Wildman–Crippen MR) is 126 cm³/mol. The zero-order chi connectivity index (χ0) is 22.9. The summed E-state index contributed by atoms with van der Waals surface area (Å²) in [5, 5.41) is 0.249. The number of likely N-dealkylation sites (tertiary alicyclic amines) is 1. The number of hydrogen-bond acceptors (Lipinski definition) is 4. The second kappa shape index (κ2) is 9.21. The standard InChI is InChI=1S/C23H27ClN4O3S/c1-3-28(4-2)32(30,31)17-11-12-19(24)18(14-17)23(29)27-13-7-8-16(15-27)22-25-20-9-5-6-10-21(20)26-22/h5-6,9-12,14,16H,3-4,7-8,13,15H2,1-2H3,(H,25,26)/t16-/m0/s1. The number of halogens is 1. The highest BCUT2D eigenvalue weighted by atomic mass is 35.5. The summed E-state index contributed by atoms with van der Waals surface area (Å²) in [6.07, 6.45) is 1.76. The molecule has 0 bridgehead atoms. The van der Waals surface area contributed by atoms with Gasteiger partial charge >= 0.3 is 0 Å². The van der Waals surface area contributed by atoms with Crippen molar-refractivity contribution in [2.24, 2.45) is 0 Å². The van der Waals surface area contributed by atoms with Gasteiger partial charge in [-0.25, -0.2) is 13.4 Å². The normalized spacial score (nSPS) is 17.2. The van der Waals surface area contributed by atoms with Gasteiger partial charge in [-0.05, 0) is 43.2 Å². The van der Waals surface area contributed by atoms with Crippen molar-refractivity contribution in [2.75, 3.05) is 26.2 Å². The fourth-order valence-corrected chi connectivity index (χ4v) is 5.95. The van der Waals surface area contributed by atoms with Crippen LogP contribution >= 0.6 is 11.6 Å². The predicted octanol–water partition coefficient (Wildman–Crippen LogP) is 4.27. The Bertz CT molecular complexity index is 1200. The van der Waals surface area contributed by atoms with E-state index >= 15 is 0 Å². The number of nitrogens with one attached hydrogen (secondary N) is 1. The lowest BCUT2D eigenvalue weighted by Gasteiger charge is -2.32. The van der Waals surface area contributed by atoms with E-state index < -0.39 is 10.0 Å². The third-order valence-corrected chi connectivity index (χ3v) is 8.39. The Morgan fingerprint density at radius 2 is 1.97 bits per heavy atom. The van der Waals surface area contributed by atoms with Gasteiger partial charge in [0, 0.05) is 32.1 Å². The van der Waals surface area contributed by atoms with Crippen LogP contribution in [-0.2, 0) is 10.0 Å². The van der Waals surface area contributed by atoms with E-state index in [0.717, 1.165) is 29.7 Å². The number of aromatic nitrogens is 2. The van der Waals surface area contributed by atoms with Crippen molar-refractivity contribution in [3.05, 3.63) is 58.9 Å². The monoisotopic (exact) mass is 474 g/mol. The van der Waals surface area contributed by atoms with Gasteiger partial charge in [-0.1, -0.05) is 37.6 Å². The quantitative estimate of drug-likeness (QED) is 0.578. The van der Waals surface area contributed by atoms with Crippen LogP contribution in [0, 0.1) is 0 Å². The molecular weight excluding hydrogens is 448 g/mol. The van der Waals surface area contributed by atoms with Gasteiger partial charge < -0.3 is 9.88 Å². The fourth-order valence-electron chi connectivity index (χ4n) is 4.26. The lowest BCUT2D eigenvalue weighted by atomic mass is 9.96. The lowest BCUT2D eigenvalue weighted by Crippen LogP contribution is -2.39. The average Bonchev–Trinajstić information content (AvgIpc) is 3.24. The van der Waals surface area contributed by atoms with Gasteiger partial charge in [-0.2, -0.15) is 4.31 Å². The highest BCUT2D eigenvalue weighted by Crippen LogP contribution is 2.30. The van der Waals surface area contributed by atoms with E-state index in [0.29, 0.717) is 26.2 Å². The van der Waals surface area contributed by atoms with Crippen LogP contribution in [0.1, 0.15) is 48.8 Å². The Hall–Kier alpha value is -2.42. The van der Waals surface area contributed by atoms with Gasteiger partial charge in [0.1, 0.15) is 5.82 Å². The van der Waals surface area contributed by atoms with Crippen LogP contribution < -0.4 is 0 Å². The molecule has 3 aromatic rings. The minimum absolute atomic E-state index is 0.0831. The van der Waals surface area contributed by atoms with Gasteiger partial charge in [0.05, 0.1) is 26.5 Å². The number of imidazole rings is 1. The fraction of sp³-hybridized carbons (Fsp3) is 0.391. The maximum Gasteiger partial charge on any atom is 0.255 e. The van der Waals surface area contributed by atoms with Crippen LogP contribution in [0.3, 0.4) is 0 Å². The summed E-state index contributed by atoms with van der Waals surface area (Å²) in [4.78, 5) is 23.3. The summed E-state index contributed by atoms with van der Waals surface area (Å²) in [5.41, 5.74) is 2.09. The molecule has 32 heavy (non-hydrogen) atoms. The first kappa shape index (κ1) is 22.8. The molecule has 1 fully saturated rings. The number of para-hydroxylation sites is 2. The zero-order valence-corrected chi connectivity index (χ0v) is 19.8. The Morgan fingerprint density at radius 3 is 2.69 bits per heavy atom. The van der Waals surface area contributed by atoms with Crippen molar-refractivity contribution >= 4 is 38.6 Å². The molecule has 2 aromatic carbocycles. The molecule has 0 spiro atoms. The van der Waals surface area contributed by atoms with Gasteiger partial charge in [-0.3, -0.25) is 4.79 Å². The van der Waals surface area contributed by atoms with E-state index in [-0.39, 0.29) is 27.3 Å². The molecule has 1 aliphatic heterocycles. The van der Waals surface area contributed by atoms with E-state index in [2.05, 4.69) is 4.98 Å². The average molecular weight is 475 g/mol. The number of benzene rings is 2. The maximum atomic E-state index is 13.4. The molecule has 1 saturated heterocycles. The minimum atomic E-state index is -3.68. The second-order valence-electron chi connectivity index (χ2n) is 7.96. The molecule has 0 unspecified atom stereocenters. The van der Waals surface area contributed by atoms with E-state index in [1.54, 1.807) is 18.7 Å². The van der Waals surface area contributed by atoms with Crippen molar-refractivity contribution in [2.45, 2.75) is 37.5 Å². The summed E-state index contributed by atoms with van der Waals surface area (Å²) in [6, 6.07) is 12.2. The summed E-state index contributed by atoms with van der Waals surface area (Å²) in [5.74, 6) is 0.696. The molecule has 1 aromatic heterocycles. The number of H-pyrrole nitrogens is 1. The number of aromatic amines is 1. The van der Waals surface area contributed by atoms with Crippen LogP contribution in [0.25, 0.3) is 11.0 Å². The first-order valence-corrected chi connectivity index (χ1v) is 12.7. The van der Waals surface area contributed by atoms with Crippen molar-refractivity contribution in [1.29, 1.82) is 0 Å². The van der Waals surface area contributed by atoms with E-state index in [4.69, 9.17) is 16.6 Å². The number of rotatable bonds is 6. The molecule has 0 saturated carbocycles. The van der Waals surface area contributed by atoms with Crippen molar-refractivity contribution < 1.29 is 13.2 Å². The number of hydrogen-bond donors (Lipinski definition) is 1.